The molecule has 0 spiro atoms. The number of hydrogen-bond acceptors (Lipinski definition) is 4. The number of halogens is 1. The summed E-state index contributed by atoms with van der Waals surface area (Å²) in [7, 11) is 0. The van der Waals surface area contributed by atoms with E-state index in [4.69, 9.17) is 17.3 Å². The highest BCUT2D eigenvalue weighted by Crippen LogP contribution is 2.19. The minimum atomic E-state index is -0.353. The average molecular weight is 348 g/mol. The second-order valence-corrected chi connectivity index (χ2v) is 6.35. The summed E-state index contributed by atoms with van der Waals surface area (Å²) in [6.45, 7) is 2.79. The maximum Gasteiger partial charge on any atom is 0.228 e. The Hall–Kier alpha value is -2.41. The van der Waals surface area contributed by atoms with Gasteiger partial charge in [-0.05, 0) is 31.5 Å². The summed E-state index contributed by atoms with van der Waals surface area (Å²) in [6.07, 6.45) is 0.771. The summed E-state index contributed by atoms with van der Waals surface area (Å²) in [5, 5.41) is 8.84. The van der Waals surface area contributed by atoms with Gasteiger partial charge in [0.05, 0.1) is 29.4 Å². The molecule has 0 saturated carbocycles. The van der Waals surface area contributed by atoms with Gasteiger partial charge in [0.25, 0.3) is 0 Å². The van der Waals surface area contributed by atoms with E-state index in [0.29, 0.717) is 30.2 Å². The van der Waals surface area contributed by atoms with E-state index in [1.54, 1.807) is 21.7 Å². The maximum absolute atomic E-state index is 12.4. The van der Waals surface area contributed by atoms with Crippen LogP contribution in [0.5, 0.6) is 0 Å². The SMILES string of the molecule is Cc1c(CC(=O)N2CC[C@H](C(N)=O)C2)nnn1-c1cccc(Cl)c1. The Morgan fingerprint density at radius 2 is 2.21 bits per heavy atom. The zero-order valence-corrected chi connectivity index (χ0v) is 14.0. The molecule has 0 bridgehead atoms. The fourth-order valence-corrected chi connectivity index (χ4v) is 3.04. The smallest absolute Gasteiger partial charge is 0.228 e. The first-order valence-corrected chi connectivity index (χ1v) is 8.07. The van der Waals surface area contributed by atoms with Gasteiger partial charge in [0, 0.05) is 18.1 Å². The van der Waals surface area contributed by atoms with Gasteiger partial charge in [-0.15, -0.1) is 5.10 Å². The number of nitrogens with zero attached hydrogens (tertiary/aromatic N) is 4. The minimum Gasteiger partial charge on any atom is -0.369 e. The van der Waals surface area contributed by atoms with Crippen LogP contribution in [0.25, 0.3) is 5.69 Å². The third-order valence-corrected chi connectivity index (χ3v) is 4.54. The average Bonchev–Trinajstić information content (AvgIpc) is 3.15. The van der Waals surface area contributed by atoms with E-state index >= 15 is 0 Å². The minimum absolute atomic E-state index is 0.0694. The Morgan fingerprint density at radius 1 is 1.42 bits per heavy atom. The van der Waals surface area contributed by atoms with Crippen molar-refractivity contribution in [3.8, 4) is 5.69 Å². The van der Waals surface area contributed by atoms with E-state index in [1.165, 1.54) is 0 Å². The topological polar surface area (TPSA) is 94.1 Å². The molecular formula is C16H18ClN5O2. The number of amides is 2. The van der Waals surface area contributed by atoms with Gasteiger partial charge in [0.1, 0.15) is 0 Å². The number of primary amides is 1. The van der Waals surface area contributed by atoms with Gasteiger partial charge in [0.2, 0.25) is 11.8 Å². The molecule has 0 aliphatic carbocycles. The van der Waals surface area contributed by atoms with E-state index in [1.807, 2.05) is 19.1 Å². The summed E-state index contributed by atoms with van der Waals surface area (Å²) in [4.78, 5) is 25.3. The van der Waals surface area contributed by atoms with Crippen molar-refractivity contribution in [1.29, 1.82) is 0 Å². The van der Waals surface area contributed by atoms with Crippen molar-refractivity contribution in [3.05, 3.63) is 40.7 Å². The van der Waals surface area contributed by atoms with Crippen molar-refractivity contribution < 1.29 is 9.59 Å². The summed E-state index contributed by atoms with van der Waals surface area (Å²) in [6, 6.07) is 7.27. The zero-order valence-electron chi connectivity index (χ0n) is 13.3. The molecule has 1 saturated heterocycles. The molecule has 1 aromatic heterocycles. The van der Waals surface area contributed by atoms with Gasteiger partial charge in [-0.2, -0.15) is 0 Å². The van der Waals surface area contributed by atoms with E-state index in [-0.39, 0.29) is 24.2 Å². The van der Waals surface area contributed by atoms with Crippen LogP contribution in [0, 0.1) is 12.8 Å². The lowest BCUT2D eigenvalue weighted by atomic mass is 10.1. The highest BCUT2D eigenvalue weighted by molar-refractivity contribution is 6.30. The first-order chi connectivity index (χ1) is 11.5. The van der Waals surface area contributed by atoms with E-state index in [0.717, 1.165) is 11.4 Å². The number of aromatic nitrogens is 3. The van der Waals surface area contributed by atoms with Crippen molar-refractivity contribution in [3.63, 3.8) is 0 Å². The fourth-order valence-electron chi connectivity index (χ4n) is 2.85. The lowest BCUT2D eigenvalue weighted by Gasteiger charge is -2.15. The molecule has 1 aromatic carbocycles. The van der Waals surface area contributed by atoms with Gasteiger partial charge in [-0.3, -0.25) is 9.59 Å². The first-order valence-electron chi connectivity index (χ1n) is 7.70. The van der Waals surface area contributed by atoms with Gasteiger partial charge >= 0.3 is 0 Å². The van der Waals surface area contributed by atoms with Crippen LogP contribution in [0.4, 0.5) is 0 Å². The summed E-state index contributed by atoms with van der Waals surface area (Å²) in [5.41, 5.74) is 7.50. The fraction of sp³-hybridized carbons (Fsp3) is 0.375. The van der Waals surface area contributed by atoms with Crippen LogP contribution in [0.15, 0.2) is 24.3 Å². The number of benzene rings is 1. The van der Waals surface area contributed by atoms with Gasteiger partial charge < -0.3 is 10.6 Å². The first kappa shape index (κ1) is 16.4. The summed E-state index contributed by atoms with van der Waals surface area (Å²) >= 11 is 6.00. The molecule has 3 rings (SSSR count). The normalized spacial score (nSPS) is 17.2. The zero-order chi connectivity index (χ0) is 17.3. The summed E-state index contributed by atoms with van der Waals surface area (Å²) in [5.74, 6) is -0.675. The quantitative estimate of drug-likeness (QED) is 0.896. The molecule has 1 atom stereocenters. The van der Waals surface area contributed by atoms with Crippen LogP contribution < -0.4 is 5.73 Å². The molecule has 126 valence electrons. The molecule has 0 unspecified atom stereocenters. The molecule has 24 heavy (non-hydrogen) atoms. The third-order valence-electron chi connectivity index (χ3n) is 4.30. The molecule has 8 heteroatoms. The van der Waals surface area contributed by atoms with Gasteiger partial charge in [-0.1, -0.05) is 22.9 Å². The van der Waals surface area contributed by atoms with Gasteiger partial charge in [0.15, 0.2) is 0 Å². The Bertz CT molecular complexity index is 789. The standard InChI is InChI=1S/C16H18ClN5O2/c1-10-14(8-15(23)21-6-5-11(9-21)16(18)24)19-20-22(10)13-4-2-3-12(17)7-13/h2-4,7,11H,5-6,8-9H2,1H3,(H2,18,24)/t11-/m0/s1. The maximum atomic E-state index is 12.4. The molecule has 2 heterocycles. The lowest BCUT2D eigenvalue weighted by Crippen LogP contribution is -2.32. The Kier molecular flexibility index (Phi) is 4.53. The van der Waals surface area contributed by atoms with Crippen molar-refractivity contribution in [2.24, 2.45) is 11.7 Å². The largest absolute Gasteiger partial charge is 0.369 e. The van der Waals surface area contributed by atoms with Gasteiger partial charge in [-0.25, -0.2) is 4.68 Å². The van der Waals surface area contributed by atoms with Crippen LogP contribution in [0.1, 0.15) is 17.8 Å². The Balaban J connectivity index is 1.73. The molecule has 2 N–H and O–H groups in total. The monoisotopic (exact) mass is 347 g/mol. The van der Waals surface area contributed by atoms with Crippen LogP contribution in [0.3, 0.4) is 0 Å². The number of hydrogen-bond donors (Lipinski definition) is 1. The predicted octanol–water partition coefficient (Wildman–Crippen LogP) is 1.11. The van der Waals surface area contributed by atoms with Crippen molar-refractivity contribution in [2.75, 3.05) is 13.1 Å². The van der Waals surface area contributed by atoms with Crippen LogP contribution in [0.2, 0.25) is 5.02 Å². The second-order valence-electron chi connectivity index (χ2n) is 5.92. The summed E-state index contributed by atoms with van der Waals surface area (Å²) < 4.78 is 1.66. The van der Waals surface area contributed by atoms with Crippen LogP contribution in [-0.2, 0) is 16.0 Å². The molecule has 2 amide bonds. The number of carbonyl (C=O) groups excluding carboxylic acids is 2. The number of rotatable bonds is 4. The molecule has 2 aromatic rings. The third kappa shape index (κ3) is 3.26. The lowest BCUT2D eigenvalue weighted by molar-refractivity contribution is -0.129. The number of nitrogens with two attached hydrogens (primary N) is 1. The van der Waals surface area contributed by atoms with E-state index < -0.39 is 0 Å². The molecule has 7 nitrogen and oxygen atoms in total. The number of carbonyl (C=O) groups is 2. The molecule has 1 aliphatic rings. The Morgan fingerprint density at radius 3 is 2.88 bits per heavy atom. The predicted molar refractivity (Wildman–Crippen MR) is 88.7 cm³/mol. The molecule has 0 radical (unpaired) electrons. The Labute approximate surface area is 144 Å². The van der Waals surface area contributed by atoms with Crippen LogP contribution in [-0.4, -0.2) is 44.8 Å². The van der Waals surface area contributed by atoms with Crippen molar-refractivity contribution in [1.82, 2.24) is 19.9 Å². The molecule has 1 aliphatic heterocycles. The van der Waals surface area contributed by atoms with E-state index in [9.17, 15) is 9.59 Å². The highest BCUT2D eigenvalue weighted by Gasteiger charge is 2.30. The molecular weight excluding hydrogens is 330 g/mol. The highest BCUT2D eigenvalue weighted by atomic mass is 35.5. The van der Waals surface area contributed by atoms with E-state index in [2.05, 4.69) is 10.3 Å². The van der Waals surface area contributed by atoms with Crippen molar-refractivity contribution >= 4 is 23.4 Å². The second kappa shape index (κ2) is 6.60. The van der Waals surface area contributed by atoms with Crippen LogP contribution >= 0.6 is 11.6 Å². The van der Waals surface area contributed by atoms with Crippen molar-refractivity contribution in [2.45, 2.75) is 19.8 Å². The number of likely N-dealkylation sites (tertiary alicyclic amines) is 1. The molecule has 1 fully saturated rings.